The summed E-state index contributed by atoms with van der Waals surface area (Å²) in [5, 5.41) is 57.1. The minimum atomic E-state index is -1.62. The molecule has 1 amide bonds. The van der Waals surface area contributed by atoms with Crippen LogP contribution in [0.3, 0.4) is 0 Å². The SMILES string of the molecule is CCCCC/C=C\C/C=C\C/C=C\CCCCCCCCCCCC(O)C(=O)NC(COC1OC(CO)C(O)C(O)C1OC(=O)CCCCCCCCCC/C=C\C/C=C\C/C=C\CCCCC)C(O)/C=C/CCCCCCCCCCC. The standard InChI is InChI=1S/C72H127NO10/c1-4-7-10-13-16-19-22-24-26-28-30-32-34-35-37-39-41-44-47-50-53-56-59-65(76)71(80)73-63(64(75)58-55-52-49-46-43-21-18-15-12-9-6-3)62-81-72-70(69(79)68(78)66(61-74)82-72)83-67(77)60-57-54-51-48-45-42-40-38-36-33-31-29-27-25-23-20-17-14-11-8-5-2/h16-17,19-20,24-27,30-33,55,58,63-66,68-70,72,74-76,78-79H,4-15,18,21-23,28-29,34-54,56-57,59-62H2,1-3H3,(H,73,80)/b19-16-,20-17-,26-24-,27-25-,32-30-,33-31-,58-55+. The lowest BCUT2D eigenvalue weighted by atomic mass is 9.99. The number of nitrogens with one attached hydrogen (secondary N) is 1. The molecule has 11 heteroatoms. The van der Waals surface area contributed by atoms with Crippen LogP contribution in [0.2, 0.25) is 0 Å². The summed E-state index contributed by atoms with van der Waals surface area (Å²) in [4.78, 5) is 26.6. The Balaban J connectivity index is 2.60. The van der Waals surface area contributed by atoms with E-state index in [1.807, 2.05) is 6.08 Å². The van der Waals surface area contributed by atoms with E-state index >= 15 is 0 Å². The summed E-state index contributed by atoms with van der Waals surface area (Å²) in [5.41, 5.74) is 0. The highest BCUT2D eigenvalue weighted by molar-refractivity contribution is 5.80. The highest BCUT2D eigenvalue weighted by Crippen LogP contribution is 2.26. The predicted octanol–water partition coefficient (Wildman–Crippen LogP) is 17.3. The van der Waals surface area contributed by atoms with Crippen molar-refractivity contribution in [3.63, 3.8) is 0 Å². The molecule has 1 aliphatic rings. The second kappa shape index (κ2) is 59.2. The Morgan fingerprint density at radius 1 is 0.470 bits per heavy atom. The molecule has 0 aromatic rings. The van der Waals surface area contributed by atoms with E-state index in [0.29, 0.717) is 12.8 Å². The number of unbranched alkanes of at least 4 members (excludes halogenated alkanes) is 32. The van der Waals surface area contributed by atoms with E-state index in [2.05, 4.69) is 99.0 Å². The first-order valence-electron chi connectivity index (χ1n) is 34.4. The fourth-order valence-electron chi connectivity index (χ4n) is 10.3. The van der Waals surface area contributed by atoms with Gasteiger partial charge in [-0.3, -0.25) is 9.59 Å². The van der Waals surface area contributed by atoms with Gasteiger partial charge in [0, 0.05) is 6.42 Å². The summed E-state index contributed by atoms with van der Waals surface area (Å²) in [6.07, 6.45) is 67.5. The van der Waals surface area contributed by atoms with Crippen molar-refractivity contribution in [2.24, 2.45) is 0 Å². The highest BCUT2D eigenvalue weighted by Gasteiger charge is 2.47. The maximum atomic E-state index is 13.5. The van der Waals surface area contributed by atoms with Crippen LogP contribution in [-0.4, -0.2) is 99.6 Å². The topological polar surface area (TPSA) is 175 Å². The number of hydrogen-bond donors (Lipinski definition) is 6. The maximum Gasteiger partial charge on any atom is 0.306 e. The number of aliphatic hydroxyl groups is 5. The molecule has 6 N–H and O–H groups in total. The molecule has 1 saturated heterocycles. The molecule has 0 radical (unpaired) electrons. The van der Waals surface area contributed by atoms with Crippen molar-refractivity contribution in [3.8, 4) is 0 Å². The van der Waals surface area contributed by atoms with Crippen molar-refractivity contribution >= 4 is 11.9 Å². The lowest BCUT2D eigenvalue weighted by Gasteiger charge is -2.41. The first-order chi connectivity index (χ1) is 40.7. The normalized spacial score (nSPS) is 19.1. The first-order valence-corrected chi connectivity index (χ1v) is 34.4. The summed E-state index contributed by atoms with van der Waals surface area (Å²) in [7, 11) is 0. The zero-order valence-corrected chi connectivity index (χ0v) is 53.3. The maximum absolute atomic E-state index is 13.5. The molecule has 0 aromatic heterocycles. The summed E-state index contributed by atoms with van der Waals surface area (Å²) >= 11 is 0. The van der Waals surface area contributed by atoms with Gasteiger partial charge in [0.15, 0.2) is 12.4 Å². The van der Waals surface area contributed by atoms with Gasteiger partial charge in [0.2, 0.25) is 5.91 Å². The van der Waals surface area contributed by atoms with Crippen molar-refractivity contribution < 1.29 is 49.3 Å². The third-order valence-corrected chi connectivity index (χ3v) is 15.8. The Bertz CT molecular complexity index is 1670. The Hall–Kier alpha value is -3.16. The Morgan fingerprint density at radius 2 is 0.831 bits per heavy atom. The van der Waals surface area contributed by atoms with E-state index in [9.17, 15) is 35.1 Å². The summed E-state index contributed by atoms with van der Waals surface area (Å²) in [6.45, 7) is 5.74. The van der Waals surface area contributed by atoms with Crippen molar-refractivity contribution in [2.75, 3.05) is 13.2 Å². The summed E-state index contributed by atoms with van der Waals surface area (Å²) in [5.74, 6) is -1.20. The molecule has 0 bridgehead atoms. The molecule has 1 aliphatic heterocycles. The van der Waals surface area contributed by atoms with Crippen LogP contribution in [0.5, 0.6) is 0 Å². The number of esters is 1. The summed E-state index contributed by atoms with van der Waals surface area (Å²) in [6, 6.07) is -1.03. The van der Waals surface area contributed by atoms with E-state index in [4.69, 9.17) is 14.2 Å². The molecule has 480 valence electrons. The van der Waals surface area contributed by atoms with Crippen molar-refractivity contribution in [2.45, 2.75) is 346 Å². The predicted molar refractivity (Wildman–Crippen MR) is 347 cm³/mol. The van der Waals surface area contributed by atoms with Gasteiger partial charge < -0.3 is 45.1 Å². The van der Waals surface area contributed by atoms with E-state index in [-0.39, 0.29) is 19.4 Å². The van der Waals surface area contributed by atoms with Crippen LogP contribution in [0.15, 0.2) is 85.1 Å². The molecule has 1 rings (SSSR count). The molecule has 11 nitrogen and oxygen atoms in total. The number of amides is 1. The van der Waals surface area contributed by atoms with Crippen LogP contribution in [0.4, 0.5) is 0 Å². The quantitative estimate of drug-likeness (QED) is 0.0195. The molecule has 0 aromatic carbocycles. The number of carbonyl (C=O) groups is 2. The van der Waals surface area contributed by atoms with E-state index in [1.165, 1.54) is 148 Å². The Labute approximate surface area is 508 Å². The van der Waals surface area contributed by atoms with Crippen LogP contribution in [0, 0.1) is 0 Å². The van der Waals surface area contributed by atoms with Gasteiger partial charge in [0.1, 0.15) is 24.4 Å². The molecule has 0 aliphatic carbocycles. The molecule has 1 heterocycles. The third-order valence-electron chi connectivity index (χ3n) is 15.8. The van der Waals surface area contributed by atoms with Gasteiger partial charge in [0.25, 0.3) is 0 Å². The average molecular weight is 1170 g/mol. The second-order valence-corrected chi connectivity index (χ2v) is 23.6. The molecular weight excluding hydrogens is 1040 g/mol. The van der Waals surface area contributed by atoms with Crippen LogP contribution < -0.4 is 5.32 Å². The van der Waals surface area contributed by atoms with Crippen molar-refractivity contribution in [1.82, 2.24) is 5.32 Å². The number of ether oxygens (including phenoxy) is 3. The number of hydrogen-bond acceptors (Lipinski definition) is 10. The van der Waals surface area contributed by atoms with Gasteiger partial charge in [-0.2, -0.15) is 0 Å². The smallest absolute Gasteiger partial charge is 0.306 e. The molecule has 8 unspecified atom stereocenters. The minimum absolute atomic E-state index is 0.112. The van der Waals surface area contributed by atoms with E-state index in [1.54, 1.807) is 6.08 Å². The lowest BCUT2D eigenvalue weighted by molar-refractivity contribution is -0.305. The van der Waals surface area contributed by atoms with E-state index in [0.717, 1.165) is 103 Å². The van der Waals surface area contributed by atoms with Gasteiger partial charge in [-0.1, -0.05) is 273 Å². The average Bonchev–Trinajstić information content (AvgIpc) is 3.52. The van der Waals surface area contributed by atoms with Crippen LogP contribution >= 0.6 is 0 Å². The highest BCUT2D eigenvalue weighted by atomic mass is 16.7. The Kier molecular flexibility index (Phi) is 55.5. The molecular formula is C72H127NO10. The Morgan fingerprint density at radius 3 is 1.27 bits per heavy atom. The van der Waals surface area contributed by atoms with Gasteiger partial charge in [-0.15, -0.1) is 0 Å². The van der Waals surface area contributed by atoms with Gasteiger partial charge >= 0.3 is 5.97 Å². The molecule has 0 spiro atoms. The van der Waals surface area contributed by atoms with Crippen LogP contribution in [0.1, 0.15) is 297 Å². The fourth-order valence-corrected chi connectivity index (χ4v) is 10.3. The monoisotopic (exact) mass is 1170 g/mol. The van der Waals surface area contributed by atoms with Gasteiger partial charge in [0.05, 0.1) is 25.4 Å². The van der Waals surface area contributed by atoms with Gasteiger partial charge in [-0.25, -0.2) is 0 Å². The number of rotatable bonds is 58. The molecule has 83 heavy (non-hydrogen) atoms. The second-order valence-electron chi connectivity index (χ2n) is 23.6. The van der Waals surface area contributed by atoms with Gasteiger partial charge in [-0.05, 0) is 103 Å². The minimum Gasteiger partial charge on any atom is -0.454 e. The van der Waals surface area contributed by atoms with Crippen LogP contribution in [-0.2, 0) is 23.8 Å². The summed E-state index contributed by atoms with van der Waals surface area (Å²) < 4.78 is 17.7. The fraction of sp³-hybridized carbons (Fsp3) is 0.778. The largest absolute Gasteiger partial charge is 0.454 e. The third kappa shape index (κ3) is 46.7. The molecule has 8 atom stereocenters. The van der Waals surface area contributed by atoms with Crippen LogP contribution in [0.25, 0.3) is 0 Å². The van der Waals surface area contributed by atoms with E-state index < -0.39 is 67.4 Å². The molecule has 0 saturated carbocycles. The zero-order valence-electron chi connectivity index (χ0n) is 53.3. The number of aliphatic hydroxyl groups excluding tert-OH is 5. The lowest BCUT2D eigenvalue weighted by Crippen LogP contribution is -2.61. The zero-order chi connectivity index (χ0) is 60.3. The number of allylic oxidation sites excluding steroid dienone is 13. The van der Waals surface area contributed by atoms with Crippen molar-refractivity contribution in [3.05, 3.63) is 85.1 Å². The first kappa shape index (κ1) is 77.9. The van der Waals surface area contributed by atoms with Crippen molar-refractivity contribution in [1.29, 1.82) is 0 Å². The molecule has 1 fully saturated rings. The number of carbonyl (C=O) groups excluding carboxylic acids is 2.